The molecular weight excluding hydrogens is 296 g/mol. The van der Waals surface area contributed by atoms with Gasteiger partial charge in [-0.05, 0) is 25.1 Å². The number of nitrogens with two attached hydrogens (primary N) is 1. The molecule has 1 amide bonds. The normalized spacial score (nSPS) is 12.1. The predicted molar refractivity (Wildman–Crippen MR) is 73.0 cm³/mol. The van der Waals surface area contributed by atoms with Crippen molar-refractivity contribution in [2.75, 3.05) is 5.73 Å². The van der Waals surface area contributed by atoms with Gasteiger partial charge < -0.3 is 11.1 Å². The van der Waals surface area contributed by atoms with Crippen LogP contribution in [0.25, 0.3) is 0 Å². The predicted octanol–water partition coefficient (Wildman–Crippen LogP) is 2.25. The lowest BCUT2D eigenvalue weighted by atomic mass is 10.1. The summed E-state index contributed by atoms with van der Waals surface area (Å²) in [6.45, 7) is 1.89. The molecule has 5 nitrogen and oxygen atoms in total. The molecule has 0 saturated carbocycles. The number of carbonyl (C=O) groups excluding carboxylic acids is 1. The van der Waals surface area contributed by atoms with E-state index in [0.717, 1.165) is 10.0 Å². The van der Waals surface area contributed by atoms with Gasteiger partial charge in [-0.25, -0.2) is 0 Å². The van der Waals surface area contributed by atoms with Crippen molar-refractivity contribution >= 4 is 27.5 Å². The molecule has 18 heavy (non-hydrogen) atoms. The molecule has 2 aromatic rings. The van der Waals surface area contributed by atoms with E-state index in [0.29, 0.717) is 11.3 Å². The number of aromatic nitrogens is 2. The Morgan fingerprint density at radius 2 is 2.33 bits per heavy atom. The van der Waals surface area contributed by atoms with Gasteiger partial charge in [0.1, 0.15) is 0 Å². The van der Waals surface area contributed by atoms with Crippen LogP contribution in [0.3, 0.4) is 0 Å². The Bertz CT molecular complexity index is 553. The number of hydrogen-bond donors (Lipinski definition) is 3. The number of nitrogen functional groups attached to an aromatic ring is 1. The molecule has 0 spiro atoms. The molecule has 2 rings (SSSR count). The van der Waals surface area contributed by atoms with Gasteiger partial charge >= 0.3 is 0 Å². The van der Waals surface area contributed by atoms with Crippen molar-refractivity contribution in [1.29, 1.82) is 0 Å². The summed E-state index contributed by atoms with van der Waals surface area (Å²) in [4.78, 5) is 12.1. The zero-order valence-corrected chi connectivity index (χ0v) is 11.4. The Morgan fingerprint density at radius 3 is 3.00 bits per heavy atom. The number of anilines is 1. The van der Waals surface area contributed by atoms with E-state index in [-0.39, 0.29) is 11.9 Å². The third-order valence-corrected chi connectivity index (χ3v) is 3.12. The second-order valence-electron chi connectivity index (χ2n) is 3.96. The van der Waals surface area contributed by atoms with Crippen molar-refractivity contribution in [1.82, 2.24) is 15.5 Å². The van der Waals surface area contributed by atoms with Crippen LogP contribution < -0.4 is 11.1 Å². The third-order valence-electron chi connectivity index (χ3n) is 2.63. The van der Waals surface area contributed by atoms with Gasteiger partial charge in [-0.2, -0.15) is 5.10 Å². The van der Waals surface area contributed by atoms with Crippen LogP contribution in [0.15, 0.2) is 35.1 Å². The van der Waals surface area contributed by atoms with Crippen molar-refractivity contribution in [3.05, 3.63) is 46.2 Å². The molecule has 1 aromatic heterocycles. The smallest absolute Gasteiger partial charge is 0.253 e. The summed E-state index contributed by atoms with van der Waals surface area (Å²) in [5.74, 6) is -0.206. The monoisotopic (exact) mass is 308 g/mol. The zero-order chi connectivity index (χ0) is 13.1. The maximum absolute atomic E-state index is 12.1. The van der Waals surface area contributed by atoms with Gasteiger partial charge in [0.05, 0.1) is 17.8 Å². The summed E-state index contributed by atoms with van der Waals surface area (Å²) in [6.07, 6.45) is 3.42. The Balaban J connectivity index is 2.15. The second-order valence-corrected chi connectivity index (χ2v) is 4.87. The van der Waals surface area contributed by atoms with Crippen LogP contribution in [0, 0.1) is 0 Å². The average Bonchev–Trinajstić information content (AvgIpc) is 2.85. The number of benzene rings is 1. The molecule has 1 heterocycles. The summed E-state index contributed by atoms with van der Waals surface area (Å²) < 4.78 is 0.817. The molecule has 0 aliphatic rings. The van der Waals surface area contributed by atoms with Gasteiger partial charge in [0.15, 0.2) is 0 Å². The van der Waals surface area contributed by atoms with Crippen molar-refractivity contribution < 1.29 is 4.79 Å². The molecular formula is C12H13BrN4O. The van der Waals surface area contributed by atoms with E-state index in [1.54, 1.807) is 30.6 Å². The molecule has 1 atom stereocenters. The largest absolute Gasteiger partial charge is 0.398 e. The van der Waals surface area contributed by atoms with Crippen LogP contribution >= 0.6 is 15.9 Å². The summed E-state index contributed by atoms with van der Waals surface area (Å²) in [7, 11) is 0. The zero-order valence-electron chi connectivity index (χ0n) is 9.77. The fraction of sp³-hybridized carbons (Fsp3) is 0.167. The Labute approximate surface area is 113 Å². The molecule has 0 radical (unpaired) electrons. The highest BCUT2D eigenvalue weighted by molar-refractivity contribution is 9.10. The summed E-state index contributed by atoms with van der Waals surface area (Å²) >= 11 is 3.32. The number of aromatic amines is 1. The van der Waals surface area contributed by atoms with E-state index in [9.17, 15) is 4.79 Å². The van der Waals surface area contributed by atoms with Crippen LogP contribution in [-0.4, -0.2) is 16.1 Å². The van der Waals surface area contributed by atoms with Gasteiger partial charge in [0.25, 0.3) is 5.91 Å². The number of nitrogens with zero attached hydrogens (tertiary/aromatic N) is 1. The highest BCUT2D eigenvalue weighted by Crippen LogP contribution is 2.19. The molecule has 0 saturated heterocycles. The van der Waals surface area contributed by atoms with Crippen molar-refractivity contribution in [2.45, 2.75) is 13.0 Å². The lowest BCUT2D eigenvalue weighted by Gasteiger charge is -2.13. The first-order valence-corrected chi connectivity index (χ1v) is 6.22. The van der Waals surface area contributed by atoms with Gasteiger partial charge in [-0.15, -0.1) is 0 Å². The maximum atomic E-state index is 12.1. The number of nitrogens with one attached hydrogen (secondary N) is 2. The van der Waals surface area contributed by atoms with Crippen molar-refractivity contribution in [3.63, 3.8) is 0 Å². The Morgan fingerprint density at radius 1 is 1.56 bits per heavy atom. The molecule has 0 aliphatic heterocycles. The third kappa shape index (κ3) is 2.70. The SMILES string of the molecule is CC(NC(=O)c1cc(Br)ccc1N)c1cn[nH]c1. The topological polar surface area (TPSA) is 83.8 Å². The number of rotatable bonds is 3. The summed E-state index contributed by atoms with van der Waals surface area (Å²) in [5.41, 5.74) is 7.61. The van der Waals surface area contributed by atoms with Gasteiger partial charge in [0.2, 0.25) is 0 Å². The second kappa shape index (κ2) is 5.22. The lowest BCUT2D eigenvalue weighted by molar-refractivity contribution is 0.0941. The van der Waals surface area contributed by atoms with Crippen LogP contribution in [0.1, 0.15) is 28.9 Å². The fourth-order valence-electron chi connectivity index (χ4n) is 1.58. The summed E-state index contributed by atoms with van der Waals surface area (Å²) in [5, 5.41) is 9.42. The molecule has 1 aromatic carbocycles. The van der Waals surface area contributed by atoms with Crippen LogP contribution in [0.2, 0.25) is 0 Å². The lowest BCUT2D eigenvalue weighted by Crippen LogP contribution is -2.27. The molecule has 94 valence electrons. The number of H-pyrrole nitrogens is 1. The van der Waals surface area contributed by atoms with E-state index in [4.69, 9.17) is 5.73 Å². The number of hydrogen-bond acceptors (Lipinski definition) is 3. The first kappa shape index (κ1) is 12.6. The molecule has 4 N–H and O–H groups in total. The summed E-state index contributed by atoms with van der Waals surface area (Å²) in [6, 6.07) is 5.06. The molecule has 6 heteroatoms. The minimum absolute atomic E-state index is 0.130. The minimum atomic E-state index is -0.206. The number of amides is 1. The van der Waals surface area contributed by atoms with Crippen LogP contribution in [0.5, 0.6) is 0 Å². The number of carbonyl (C=O) groups is 1. The van der Waals surface area contributed by atoms with E-state index in [1.165, 1.54) is 0 Å². The quantitative estimate of drug-likeness (QED) is 0.760. The molecule has 0 aliphatic carbocycles. The maximum Gasteiger partial charge on any atom is 0.253 e. The molecule has 0 bridgehead atoms. The van der Waals surface area contributed by atoms with Crippen LogP contribution in [-0.2, 0) is 0 Å². The highest BCUT2D eigenvalue weighted by atomic mass is 79.9. The van der Waals surface area contributed by atoms with Crippen molar-refractivity contribution in [3.8, 4) is 0 Å². The minimum Gasteiger partial charge on any atom is -0.398 e. The van der Waals surface area contributed by atoms with Gasteiger partial charge in [0, 0.05) is 21.9 Å². The highest BCUT2D eigenvalue weighted by Gasteiger charge is 2.14. The van der Waals surface area contributed by atoms with E-state index in [1.807, 2.05) is 6.92 Å². The standard InChI is InChI=1S/C12H13BrN4O/c1-7(8-5-15-16-6-8)17-12(18)10-4-9(13)2-3-11(10)14/h2-7H,14H2,1H3,(H,15,16)(H,17,18). The van der Waals surface area contributed by atoms with Gasteiger partial charge in [-0.3, -0.25) is 9.89 Å². The fourth-order valence-corrected chi connectivity index (χ4v) is 1.94. The molecule has 1 unspecified atom stereocenters. The van der Waals surface area contributed by atoms with E-state index >= 15 is 0 Å². The Hall–Kier alpha value is -1.82. The first-order valence-electron chi connectivity index (χ1n) is 5.42. The van der Waals surface area contributed by atoms with Crippen molar-refractivity contribution in [2.24, 2.45) is 0 Å². The van der Waals surface area contributed by atoms with E-state index < -0.39 is 0 Å². The van der Waals surface area contributed by atoms with Gasteiger partial charge in [-0.1, -0.05) is 15.9 Å². The Kier molecular flexibility index (Phi) is 3.66. The molecule has 0 fully saturated rings. The van der Waals surface area contributed by atoms with E-state index in [2.05, 4.69) is 31.4 Å². The first-order chi connectivity index (χ1) is 8.58. The van der Waals surface area contributed by atoms with Crippen LogP contribution in [0.4, 0.5) is 5.69 Å². The number of halogens is 1. The average molecular weight is 309 g/mol.